The lowest BCUT2D eigenvalue weighted by molar-refractivity contribution is -0.0605. The van der Waals surface area contributed by atoms with Crippen LogP contribution in [0.1, 0.15) is 18.1 Å². The summed E-state index contributed by atoms with van der Waals surface area (Å²) in [6.07, 6.45) is 7.59. The van der Waals surface area contributed by atoms with E-state index in [-0.39, 0.29) is 12.0 Å². The number of ether oxygens (including phenoxy) is 2. The monoisotopic (exact) mass is 344 g/mol. The zero-order valence-corrected chi connectivity index (χ0v) is 14.3. The minimum Gasteiger partial charge on any atom is -0.508 e. The molecule has 0 saturated heterocycles. The summed E-state index contributed by atoms with van der Waals surface area (Å²) in [6.45, 7) is 2.31. The minimum absolute atomic E-state index is 0.271. The van der Waals surface area contributed by atoms with E-state index in [0.29, 0.717) is 12.5 Å². The van der Waals surface area contributed by atoms with E-state index in [1.165, 1.54) is 0 Å². The molecule has 2 aromatic rings. The van der Waals surface area contributed by atoms with Crippen molar-refractivity contribution < 1.29 is 14.6 Å². The Balaban J connectivity index is 1.85. The Hall–Kier alpha value is -2.23. The van der Waals surface area contributed by atoms with Gasteiger partial charge < -0.3 is 14.6 Å². The first kappa shape index (κ1) is 18.1. The maximum absolute atomic E-state index is 9.23. The summed E-state index contributed by atoms with van der Waals surface area (Å²) in [5.74, 6) is 1.48. The topological polar surface area (TPSA) is 38.7 Å². The summed E-state index contributed by atoms with van der Waals surface area (Å²) in [6, 6.07) is 14.8. The van der Waals surface area contributed by atoms with Crippen molar-refractivity contribution >= 4 is 23.8 Å². The second kappa shape index (κ2) is 9.81. The normalized spacial score (nSPS) is 12.8. The molecule has 0 aromatic heterocycles. The van der Waals surface area contributed by atoms with Gasteiger partial charge in [-0.1, -0.05) is 48.6 Å². The third-order valence-electron chi connectivity index (χ3n) is 3.19. The molecule has 2 aromatic carbocycles. The van der Waals surface area contributed by atoms with E-state index in [2.05, 4.69) is 0 Å². The van der Waals surface area contributed by atoms with Crippen LogP contribution in [0, 0.1) is 0 Å². The Morgan fingerprint density at radius 3 is 2.04 bits per heavy atom. The lowest BCUT2D eigenvalue weighted by Gasteiger charge is -2.14. The molecule has 1 atom stereocenters. The van der Waals surface area contributed by atoms with Crippen LogP contribution in [-0.2, 0) is 4.74 Å². The van der Waals surface area contributed by atoms with Gasteiger partial charge in [-0.2, -0.15) is 0 Å². The lowest BCUT2D eigenvalue weighted by atomic mass is 10.2. The predicted molar refractivity (Wildman–Crippen MR) is 99.4 cm³/mol. The average molecular weight is 345 g/mol. The zero-order valence-electron chi connectivity index (χ0n) is 13.6. The van der Waals surface area contributed by atoms with Crippen LogP contribution in [0.15, 0.2) is 60.7 Å². The number of hydrogen-bond acceptors (Lipinski definition) is 3. The van der Waals surface area contributed by atoms with Crippen molar-refractivity contribution in [3.05, 3.63) is 71.8 Å². The number of alkyl halides is 1. The van der Waals surface area contributed by atoms with Crippen molar-refractivity contribution in [3.63, 3.8) is 0 Å². The van der Waals surface area contributed by atoms with Gasteiger partial charge in [0.2, 0.25) is 0 Å². The van der Waals surface area contributed by atoms with Crippen molar-refractivity contribution in [3.8, 4) is 11.5 Å². The van der Waals surface area contributed by atoms with Crippen molar-refractivity contribution in [1.29, 1.82) is 0 Å². The van der Waals surface area contributed by atoms with E-state index < -0.39 is 0 Å². The molecular weight excluding hydrogens is 324 g/mol. The average Bonchev–Trinajstić information content (AvgIpc) is 2.60. The molecule has 0 spiro atoms. The molecule has 0 bridgehead atoms. The Morgan fingerprint density at radius 1 is 0.958 bits per heavy atom. The summed E-state index contributed by atoms with van der Waals surface area (Å²) in [4.78, 5) is 0. The number of benzene rings is 2. The molecule has 1 N–H and O–H groups in total. The largest absolute Gasteiger partial charge is 0.508 e. The Labute approximate surface area is 147 Å². The lowest BCUT2D eigenvalue weighted by Crippen LogP contribution is -2.17. The van der Waals surface area contributed by atoms with Crippen LogP contribution < -0.4 is 4.74 Å². The van der Waals surface area contributed by atoms with Gasteiger partial charge in [-0.3, -0.25) is 0 Å². The van der Waals surface area contributed by atoms with Crippen LogP contribution in [0.2, 0.25) is 0 Å². The summed E-state index contributed by atoms with van der Waals surface area (Å²) in [5, 5.41) is 9.23. The maximum atomic E-state index is 9.23. The molecule has 1 unspecified atom stereocenters. The number of aromatic hydroxyl groups is 1. The fourth-order valence-corrected chi connectivity index (χ4v) is 2.10. The summed E-state index contributed by atoms with van der Waals surface area (Å²) in [5.41, 5.74) is 2.11. The van der Waals surface area contributed by atoms with E-state index in [0.717, 1.165) is 16.9 Å². The first-order valence-electron chi connectivity index (χ1n) is 7.75. The number of phenolic OH excluding ortho intramolecular Hbond substituents is 1. The van der Waals surface area contributed by atoms with Gasteiger partial charge in [-0.05, 0) is 42.3 Å². The quantitative estimate of drug-likeness (QED) is 0.411. The molecule has 0 amide bonds. The smallest absolute Gasteiger partial charge is 0.197 e. The van der Waals surface area contributed by atoms with Crippen LogP contribution in [0.4, 0.5) is 0 Å². The van der Waals surface area contributed by atoms with E-state index in [4.69, 9.17) is 21.1 Å². The molecule has 0 aliphatic heterocycles. The van der Waals surface area contributed by atoms with Crippen LogP contribution in [0.25, 0.3) is 12.2 Å². The van der Waals surface area contributed by atoms with Gasteiger partial charge in [0.15, 0.2) is 6.29 Å². The van der Waals surface area contributed by atoms with Gasteiger partial charge in [-0.15, -0.1) is 11.6 Å². The molecule has 0 aliphatic carbocycles. The van der Waals surface area contributed by atoms with E-state index in [9.17, 15) is 5.11 Å². The van der Waals surface area contributed by atoms with E-state index in [1.54, 1.807) is 12.1 Å². The molecule has 0 radical (unpaired) electrons. The second-order valence-electron chi connectivity index (χ2n) is 5.12. The summed E-state index contributed by atoms with van der Waals surface area (Å²) in [7, 11) is 0. The van der Waals surface area contributed by atoms with Crippen molar-refractivity contribution in [1.82, 2.24) is 0 Å². The second-order valence-corrected chi connectivity index (χ2v) is 5.50. The first-order valence-corrected chi connectivity index (χ1v) is 8.29. The summed E-state index contributed by atoms with van der Waals surface area (Å²) >= 11 is 5.57. The highest BCUT2D eigenvalue weighted by Gasteiger charge is 2.02. The van der Waals surface area contributed by atoms with Gasteiger partial charge in [0.05, 0.1) is 6.61 Å². The number of hydrogen-bond donors (Lipinski definition) is 1. The van der Waals surface area contributed by atoms with E-state index >= 15 is 0 Å². The molecule has 0 aliphatic rings. The van der Waals surface area contributed by atoms with Gasteiger partial charge in [0.25, 0.3) is 0 Å². The highest BCUT2D eigenvalue weighted by atomic mass is 35.5. The molecule has 24 heavy (non-hydrogen) atoms. The van der Waals surface area contributed by atoms with Gasteiger partial charge in [0, 0.05) is 5.88 Å². The number of phenols is 1. The zero-order chi connectivity index (χ0) is 17.2. The number of halogens is 1. The first-order chi connectivity index (χ1) is 11.7. The van der Waals surface area contributed by atoms with Crippen LogP contribution >= 0.6 is 11.6 Å². The Morgan fingerprint density at radius 2 is 1.50 bits per heavy atom. The summed E-state index contributed by atoms with van der Waals surface area (Å²) < 4.78 is 11.0. The molecule has 0 saturated carbocycles. The maximum Gasteiger partial charge on any atom is 0.197 e. The third-order valence-corrected chi connectivity index (χ3v) is 3.35. The van der Waals surface area contributed by atoms with Crippen LogP contribution in [0.5, 0.6) is 11.5 Å². The number of rotatable bonds is 8. The fourth-order valence-electron chi connectivity index (χ4n) is 2.01. The van der Waals surface area contributed by atoms with Gasteiger partial charge in [-0.25, -0.2) is 0 Å². The van der Waals surface area contributed by atoms with Crippen molar-refractivity contribution in [2.45, 2.75) is 13.2 Å². The Kier molecular flexibility index (Phi) is 7.40. The van der Waals surface area contributed by atoms with Crippen molar-refractivity contribution in [2.75, 3.05) is 12.5 Å². The number of allylic oxidation sites excluding steroid dienone is 2. The van der Waals surface area contributed by atoms with Crippen LogP contribution in [-0.4, -0.2) is 23.9 Å². The third kappa shape index (κ3) is 6.49. The molecule has 126 valence electrons. The SMILES string of the molecule is CC(OCCCl)Oc1ccc(C=CC=Cc2ccc(O)cc2)cc1. The van der Waals surface area contributed by atoms with Gasteiger partial charge in [0.1, 0.15) is 11.5 Å². The molecular formula is C20H21ClO3. The predicted octanol–water partition coefficient (Wildman–Crippen LogP) is 5.10. The molecule has 0 heterocycles. The van der Waals surface area contributed by atoms with Gasteiger partial charge >= 0.3 is 0 Å². The standard InChI is InChI=1S/C20H21ClO3/c1-16(23-15-14-21)24-20-12-8-18(9-13-20)5-3-2-4-17-6-10-19(22)11-7-17/h2-13,16,22H,14-15H2,1H3. The molecule has 2 rings (SSSR count). The highest BCUT2D eigenvalue weighted by molar-refractivity contribution is 6.17. The Bertz CT molecular complexity index is 660. The molecule has 3 nitrogen and oxygen atoms in total. The van der Waals surface area contributed by atoms with E-state index in [1.807, 2.05) is 67.6 Å². The molecule has 0 fully saturated rings. The van der Waals surface area contributed by atoms with Crippen LogP contribution in [0.3, 0.4) is 0 Å². The highest BCUT2D eigenvalue weighted by Crippen LogP contribution is 2.15. The minimum atomic E-state index is -0.321. The molecule has 4 heteroatoms. The fraction of sp³-hybridized carbons (Fsp3) is 0.200. The van der Waals surface area contributed by atoms with Crippen molar-refractivity contribution in [2.24, 2.45) is 0 Å².